The third kappa shape index (κ3) is 5.98. The average Bonchev–Trinajstić information content (AvgIpc) is 3.68. The minimum Gasteiger partial charge on any atom is -0.309 e. The smallest absolute Gasteiger partial charge is 0.160 e. The van der Waals surface area contributed by atoms with Gasteiger partial charge in [0.2, 0.25) is 0 Å². The van der Waals surface area contributed by atoms with E-state index in [1.54, 1.807) is 0 Å². The SMILES string of the molecule is c1ccc(-c2ccc(-c3cc(-c4ccc(-n5c6ccccc6c6ccccc65)cc4)nc(-c4ccc(-c5c6ccccc6cc6c5ccc5ccccc56)cc4)n3)cc2)cc1. The Morgan fingerprint density at radius 1 is 0.279 bits per heavy atom. The Bertz CT molecular complexity index is 3550. The van der Waals surface area contributed by atoms with Crippen LogP contribution in [0.15, 0.2) is 224 Å². The van der Waals surface area contributed by atoms with Crippen molar-refractivity contribution in [2.45, 2.75) is 0 Å². The summed E-state index contributed by atoms with van der Waals surface area (Å²) in [7, 11) is 0. The molecule has 10 aromatic carbocycles. The number of rotatable bonds is 6. The van der Waals surface area contributed by atoms with Gasteiger partial charge in [0.1, 0.15) is 0 Å². The fourth-order valence-corrected chi connectivity index (χ4v) is 9.24. The zero-order valence-corrected chi connectivity index (χ0v) is 33.2. The van der Waals surface area contributed by atoms with Crippen LogP contribution in [-0.2, 0) is 0 Å². The van der Waals surface area contributed by atoms with Crippen molar-refractivity contribution in [1.29, 1.82) is 0 Å². The first-order valence-electron chi connectivity index (χ1n) is 20.8. The number of hydrogen-bond acceptors (Lipinski definition) is 2. The molecule has 0 bridgehead atoms. The number of nitrogens with zero attached hydrogens (tertiary/aromatic N) is 3. The van der Waals surface area contributed by atoms with Crippen molar-refractivity contribution in [2.75, 3.05) is 0 Å². The van der Waals surface area contributed by atoms with E-state index in [0.29, 0.717) is 5.82 Å². The first kappa shape index (κ1) is 34.9. The van der Waals surface area contributed by atoms with Gasteiger partial charge in [0.15, 0.2) is 5.82 Å². The van der Waals surface area contributed by atoms with E-state index in [9.17, 15) is 0 Å². The van der Waals surface area contributed by atoms with E-state index in [1.807, 2.05) is 0 Å². The third-order valence-electron chi connectivity index (χ3n) is 12.2. The van der Waals surface area contributed by atoms with E-state index in [1.165, 1.54) is 70.8 Å². The van der Waals surface area contributed by atoms with Gasteiger partial charge < -0.3 is 4.57 Å². The summed E-state index contributed by atoms with van der Waals surface area (Å²) in [6.45, 7) is 0. The van der Waals surface area contributed by atoms with Gasteiger partial charge in [-0.1, -0.05) is 188 Å². The van der Waals surface area contributed by atoms with E-state index in [-0.39, 0.29) is 0 Å². The van der Waals surface area contributed by atoms with Crippen molar-refractivity contribution in [2.24, 2.45) is 0 Å². The lowest BCUT2D eigenvalue weighted by Crippen LogP contribution is -1.97. The number of fused-ring (bicyclic) bond motifs is 7. The molecule has 2 heterocycles. The minimum atomic E-state index is 0.687. The quantitative estimate of drug-likeness (QED) is 0.124. The Morgan fingerprint density at radius 2 is 0.770 bits per heavy atom. The summed E-state index contributed by atoms with van der Waals surface area (Å²) in [6, 6.07) is 80.4. The molecule has 0 amide bonds. The van der Waals surface area contributed by atoms with Gasteiger partial charge in [-0.2, -0.15) is 0 Å². The molecule has 2 aromatic heterocycles. The first-order chi connectivity index (χ1) is 30.2. The summed E-state index contributed by atoms with van der Waals surface area (Å²) in [4.78, 5) is 10.5. The predicted octanol–water partition coefficient (Wildman–Crippen LogP) is 15.4. The highest BCUT2D eigenvalue weighted by atomic mass is 15.0. The van der Waals surface area contributed by atoms with Crippen molar-refractivity contribution >= 4 is 54.1 Å². The number of para-hydroxylation sites is 2. The molecule has 0 fully saturated rings. The van der Waals surface area contributed by atoms with Crippen molar-refractivity contribution in [3.63, 3.8) is 0 Å². The molecule has 0 saturated carbocycles. The van der Waals surface area contributed by atoms with Crippen LogP contribution in [0, 0.1) is 0 Å². The Labute approximate surface area is 353 Å². The molecule has 0 atom stereocenters. The monoisotopic (exact) mass is 775 g/mol. The van der Waals surface area contributed by atoms with Gasteiger partial charge in [-0.05, 0) is 91.0 Å². The van der Waals surface area contributed by atoms with Gasteiger partial charge in [-0.15, -0.1) is 0 Å². The van der Waals surface area contributed by atoms with Crippen molar-refractivity contribution < 1.29 is 0 Å². The van der Waals surface area contributed by atoms with Crippen LogP contribution in [0.3, 0.4) is 0 Å². The number of hydrogen-bond donors (Lipinski definition) is 0. The van der Waals surface area contributed by atoms with Gasteiger partial charge in [0, 0.05) is 33.2 Å². The molecule has 0 radical (unpaired) electrons. The maximum Gasteiger partial charge on any atom is 0.160 e. The van der Waals surface area contributed by atoms with Crippen LogP contribution >= 0.6 is 0 Å². The fourth-order valence-electron chi connectivity index (χ4n) is 9.24. The molecule has 0 unspecified atom stereocenters. The summed E-state index contributed by atoms with van der Waals surface area (Å²) in [5.41, 5.74) is 13.0. The summed E-state index contributed by atoms with van der Waals surface area (Å²) in [6.07, 6.45) is 0. The molecular weight excluding hydrogens is 739 g/mol. The summed E-state index contributed by atoms with van der Waals surface area (Å²) in [5, 5.41) is 9.98. The van der Waals surface area contributed by atoms with Gasteiger partial charge in [0.05, 0.1) is 22.4 Å². The Kier molecular flexibility index (Phi) is 8.17. The molecule has 12 aromatic rings. The lowest BCUT2D eigenvalue weighted by Gasteiger charge is -2.15. The van der Waals surface area contributed by atoms with Crippen LogP contribution < -0.4 is 0 Å². The van der Waals surface area contributed by atoms with Crippen molar-refractivity contribution in [3.05, 3.63) is 224 Å². The normalized spacial score (nSPS) is 11.6. The summed E-state index contributed by atoms with van der Waals surface area (Å²) < 4.78 is 2.35. The second kappa shape index (κ2) is 14.3. The first-order valence-corrected chi connectivity index (χ1v) is 20.8. The van der Waals surface area contributed by atoms with Crippen LogP contribution in [-0.4, -0.2) is 14.5 Å². The van der Waals surface area contributed by atoms with E-state index >= 15 is 0 Å². The molecule has 0 saturated heterocycles. The predicted molar refractivity (Wildman–Crippen MR) is 256 cm³/mol. The largest absolute Gasteiger partial charge is 0.309 e. The highest BCUT2D eigenvalue weighted by Crippen LogP contribution is 2.40. The van der Waals surface area contributed by atoms with Crippen LogP contribution in [0.2, 0.25) is 0 Å². The molecule has 0 aliphatic heterocycles. The molecular formula is C58H37N3. The van der Waals surface area contributed by atoms with Crippen LogP contribution in [0.4, 0.5) is 0 Å². The van der Waals surface area contributed by atoms with Gasteiger partial charge in [-0.25, -0.2) is 9.97 Å². The van der Waals surface area contributed by atoms with Gasteiger partial charge in [-0.3, -0.25) is 0 Å². The van der Waals surface area contributed by atoms with Crippen LogP contribution in [0.1, 0.15) is 0 Å². The maximum absolute atomic E-state index is 5.28. The average molecular weight is 776 g/mol. The second-order valence-electron chi connectivity index (χ2n) is 15.8. The topological polar surface area (TPSA) is 30.7 Å². The molecule has 0 aliphatic carbocycles. The maximum atomic E-state index is 5.28. The molecule has 61 heavy (non-hydrogen) atoms. The highest BCUT2D eigenvalue weighted by Gasteiger charge is 2.16. The van der Waals surface area contributed by atoms with Gasteiger partial charge >= 0.3 is 0 Å². The molecule has 3 heteroatoms. The van der Waals surface area contributed by atoms with E-state index in [4.69, 9.17) is 9.97 Å². The minimum absolute atomic E-state index is 0.687. The highest BCUT2D eigenvalue weighted by molar-refractivity contribution is 6.20. The molecule has 0 aliphatic rings. The van der Waals surface area contributed by atoms with E-state index in [0.717, 1.165) is 39.3 Å². The van der Waals surface area contributed by atoms with Crippen molar-refractivity contribution in [3.8, 4) is 61.8 Å². The lowest BCUT2D eigenvalue weighted by molar-refractivity contribution is 1.17. The van der Waals surface area contributed by atoms with Gasteiger partial charge in [0.25, 0.3) is 0 Å². The van der Waals surface area contributed by atoms with Crippen LogP contribution in [0.5, 0.6) is 0 Å². The Morgan fingerprint density at radius 3 is 1.44 bits per heavy atom. The molecule has 0 N–H and O–H groups in total. The zero-order valence-electron chi connectivity index (χ0n) is 33.2. The third-order valence-corrected chi connectivity index (χ3v) is 12.2. The van der Waals surface area contributed by atoms with E-state index in [2.05, 4.69) is 229 Å². The number of aromatic nitrogens is 3. The lowest BCUT2D eigenvalue weighted by atomic mass is 9.89. The number of benzene rings is 10. The molecule has 3 nitrogen and oxygen atoms in total. The second-order valence-corrected chi connectivity index (χ2v) is 15.8. The fraction of sp³-hybridized carbons (Fsp3) is 0. The molecule has 0 spiro atoms. The van der Waals surface area contributed by atoms with Crippen LogP contribution in [0.25, 0.3) is 116 Å². The van der Waals surface area contributed by atoms with Crippen molar-refractivity contribution in [1.82, 2.24) is 14.5 Å². The zero-order chi connectivity index (χ0) is 40.3. The molecule has 12 rings (SSSR count). The summed E-state index contributed by atoms with van der Waals surface area (Å²) in [5.74, 6) is 0.687. The van der Waals surface area contributed by atoms with E-state index < -0.39 is 0 Å². The standard InChI is InChI=1S/C58H37N3/c1-2-12-38(13-3-1)39-22-24-41(25-23-39)53-37-54(42-30-33-46(34-31-42)61-55-20-10-8-18-49(55)50-19-9-11-21-56(50)61)60-58(59-53)44-28-26-43(27-29-44)57-48-17-7-5-15-45(48)36-52-47-16-6-4-14-40(47)32-35-51(52)57/h1-37H. The summed E-state index contributed by atoms with van der Waals surface area (Å²) >= 11 is 0. The molecule has 284 valence electrons. The Balaban J connectivity index is 0.979. The Hall–Kier alpha value is -8.14.